The van der Waals surface area contributed by atoms with Crippen LogP contribution in [0.25, 0.3) is 5.65 Å². The van der Waals surface area contributed by atoms with Crippen LogP contribution in [0.1, 0.15) is 34.5 Å². The highest BCUT2D eigenvalue weighted by Gasteiger charge is 2.14. The number of hydrogen-bond acceptors (Lipinski definition) is 4. The van der Waals surface area contributed by atoms with Crippen molar-refractivity contribution >= 4 is 17.2 Å². The highest BCUT2D eigenvalue weighted by atomic mass is 16.1. The zero-order valence-electron chi connectivity index (χ0n) is 15.0. The number of nitrogens with one attached hydrogen (secondary N) is 1. The van der Waals surface area contributed by atoms with Crippen LogP contribution in [0.3, 0.4) is 0 Å². The van der Waals surface area contributed by atoms with E-state index in [0.717, 1.165) is 24.3 Å². The number of carbonyl (C=O) groups is 1. The van der Waals surface area contributed by atoms with E-state index in [9.17, 15) is 4.79 Å². The highest BCUT2D eigenvalue weighted by Crippen LogP contribution is 2.16. The maximum absolute atomic E-state index is 12.7. The SMILES string of the molecule is Cc1nc2ccnn2cc1C(=O)Nc1cccc(CCN2CCCC2)c1. The number of carbonyl (C=O) groups excluding carboxylic acids is 1. The molecule has 0 saturated carbocycles. The highest BCUT2D eigenvalue weighted by molar-refractivity contribution is 6.04. The summed E-state index contributed by atoms with van der Waals surface area (Å²) < 4.78 is 1.62. The number of aromatic nitrogens is 3. The van der Waals surface area contributed by atoms with Gasteiger partial charge in [-0.3, -0.25) is 4.79 Å². The molecule has 0 aliphatic carbocycles. The fourth-order valence-corrected chi connectivity index (χ4v) is 3.46. The van der Waals surface area contributed by atoms with Crippen LogP contribution in [0.2, 0.25) is 0 Å². The molecule has 0 spiro atoms. The summed E-state index contributed by atoms with van der Waals surface area (Å²) in [7, 11) is 0. The smallest absolute Gasteiger partial charge is 0.259 e. The number of amides is 1. The lowest BCUT2D eigenvalue weighted by molar-refractivity contribution is 0.102. The molecule has 2 aromatic heterocycles. The second-order valence-corrected chi connectivity index (χ2v) is 6.83. The van der Waals surface area contributed by atoms with Crippen LogP contribution in [0.15, 0.2) is 42.7 Å². The number of hydrogen-bond donors (Lipinski definition) is 1. The molecule has 134 valence electrons. The van der Waals surface area contributed by atoms with Crippen molar-refractivity contribution in [3.8, 4) is 0 Å². The van der Waals surface area contributed by atoms with E-state index in [1.54, 1.807) is 16.9 Å². The molecule has 0 bridgehead atoms. The largest absolute Gasteiger partial charge is 0.322 e. The molecule has 26 heavy (non-hydrogen) atoms. The fourth-order valence-electron chi connectivity index (χ4n) is 3.46. The molecule has 1 aliphatic heterocycles. The van der Waals surface area contributed by atoms with Gasteiger partial charge in [-0.1, -0.05) is 12.1 Å². The average Bonchev–Trinajstić information content (AvgIpc) is 3.30. The van der Waals surface area contributed by atoms with Gasteiger partial charge in [0, 0.05) is 24.5 Å². The molecule has 1 saturated heterocycles. The predicted molar refractivity (Wildman–Crippen MR) is 101 cm³/mol. The lowest BCUT2D eigenvalue weighted by Gasteiger charge is -2.14. The molecule has 3 aromatic rings. The first-order valence-electron chi connectivity index (χ1n) is 9.13. The lowest BCUT2D eigenvalue weighted by atomic mass is 10.1. The molecular weight excluding hydrogens is 326 g/mol. The van der Waals surface area contributed by atoms with Gasteiger partial charge in [0.1, 0.15) is 0 Å². The normalized spacial score (nSPS) is 14.8. The zero-order chi connectivity index (χ0) is 17.9. The van der Waals surface area contributed by atoms with Crippen molar-refractivity contribution in [2.75, 3.05) is 25.0 Å². The topological polar surface area (TPSA) is 62.5 Å². The first-order chi connectivity index (χ1) is 12.7. The summed E-state index contributed by atoms with van der Waals surface area (Å²) in [6.07, 6.45) is 7.02. The Hall–Kier alpha value is -2.73. The Morgan fingerprint density at radius 2 is 2.08 bits per heavy atom. The lowest BCUT2D eigenvalue weighted by Crippen LogP contribution is -2.22. The van der Waals surface area contributed by atoms with E-state index >= 15 is 0 Å². The van der Waals surface area contributed by atoms with Crippen molar-refractivity contribution in [2.24, 2.45) is 0 Å². The second kappa shape index (κ2) is 7.25. The second-order valence-electron chi connectivity index (χ2n) is 6.83. The van der Waals surface area contributed by atoms with Gasteiger partial charge in [0.2, 0.25) is 0 Å². The van der Waals surface area contributed by atoms with E-state index in [1.165, 1.54) is 31.5 Å². The van der Waals surface area contributed by atoms with Gasteiger partial charge in [-0.25, -0.2) is 9.50 Å². The summed E-state index contributed by atoms with van der Waals surface area (Å²) in [4.78, 5) is 19.6. The number of likely N-dealkylation sites (tertiary alicyclic amines) is 1. The van der Waals surface area contributed by atoms with Crippen molar-refractivity contribution in [1.29, 1.82) is 0 Å². The molecule has 6 heteroatoms. The third-order valence-corrected chi connectivity index (χ3v) is 4.92. The first-order valence-corrected chi connectivity index (χ1v) is 9.13. The third kappa shape index (κ3) is 3.60. The predicted octanol–water partition coefficient (Wildman–Crippen LogP) is 2.93. The van der Waals surface area contributed by atoms with Gasteiger partial charge < -0.3 is 10.2 Å². The maximum Gasteiger partial charge on any atom is 0.259 e. The Balaban J connectivity index is 1.46. The Kier molecular flexibility index (Phi) is 4.67. The fraction of sp³-hybridized carbons (Fsp3) is 0.350. The molecule has 1 aliphatic rings. The van der Waals surface area contributed by atoms with E-state index in [2.05, 4.69) is 32.4 Å². The molecular formula is C20H23N5O. The summed E-state index contributed by atoms with van der Waals surface area (Å²) in [5.41, 5.74) is 4.02. The summed E-state index contributed by atoms with van der Waals surface area (Å²) >= 11 is 0. The number of anilines is 1. The summed E-state index contributed by atoms with van der Waals surface area (Å²) in [6, 6.07) is 9.92. The van der Waals surface area contributed by atoms with Gasteiger partial charge in [-0.05, 0) is 57.0 Å². The van der Waals surface area contributed by atoms with E-state index in [1.807, 2.05) is 25.1 Å². The minimum atomic E-state index is -0.163. The van der Waals surface area contributed by atoms with Crippen molar-refractivity contribution in [3.05, 3.63) is 59.5 Å². The van der Waals surface area contributed by atoms with Gasteiger partial charge >= 0.3 is 0 Å². The Bertz CT molecular complexity index is 927. The first kappa shape index (κ1) is 16.7. The summed E-state index contributed by atoms with van der Waals surface area (Å²) in [5.74, 6) is -0.163. The van der Waals surface area contributed by atoms with Gasteiger partial charge in [0.05, 0.1) is 17.5 Å². The minimum absolute atomic E-state index is 0.163. The van der Waals surface area contributed by atoms with Crippen LogP contribution in [0, 0.1) is 6.92 Å². The van der Waals surface area contributed by atoms with Gasteiger partial charge in [-0.2, -0.15) is 5.10 Å². The molecule has 1 N–H and O–H groups in total. The maximum atomic E-state index is 12.7. The van der Waals surface area contributed by atoms with E-state index in [-0.39, 0.29) is 5.91 Å². The minimum Gasteiger partial charge on any atom is -0.322 e. The van der Waals surface area contributed by atoms with E-state index in [0.29, 0.717) is 11.3 Å². The van der Waals surface area contributed by atoms with Crippen LogP contribution in [0.4, 0.5) is 5.69 Å². The molecule has 1 amide bonds. The Morgan fingerprint density at radius 3 is 2.92 bits per heavy atom. The monoisotopic (exact) mass is 349 g/mol. The van der Waals surface area contributed by atoms with Crippen LogP contribution >= 0.6 is 0 Å². The van der Waals surface area contributed by atoms with E-state index in [4.69, 9.17) is 0 Å². The van der Waals surface area contributed by atoms with Gasteiger partial charge in [0.15, 0.2) is 5.65 Å². The van der Waals surface area contributed by atoms with Crippen LogP contribution < -0.4 is 5.32 Å². The molecule has 4 rings (SSSR count). The third-order valence-electron chi connectivity index (χ3n) is 4.92. The molecule has 0 atom stereocenters. The number of rotatable bonds is 5. The number of benzene rings is 1. The van der Waals surface area contributed by atoms with Crippen molar-refractivity contribution in [2.45, 2.75) is 26.2 Å². The van der Waals surface area contributed by atoms with Crippen molar-refractivity contribution in [3.63, 3.8) is 0 Å². The molecule has 0 unspecified atom stereocenters. The van der Waals surface area contributed by atoms with Crippen molar-refractivity contribution < 1.29 is 4.79 Å². The van der Waals surface area contributed by atoms with Crippen LogP contribution in [-0.4, -0.2) is 45.0 Å². The van der Waals surface area contributed by atoms with Gasteiger partial charge in [-0.15, -0.1) is 0 Å². The molecule has 1 fully saturated rings. The van der Waals surface area contributed by atoms with Gasteiger partial charge in [0.25, 0.3) is 5.91 Å². The number of fused-ring (bicyclic) bond motifs is 1. The van der Waals surface area contributed by atoms with Crippen molar-refractivity contribution in [1.82, 2.24) is 19.5 Å². The molecule has 6 nitrogen and oxygen atoms in total. The van der Waals surface area contributed by atoms with Crippen LogP contribution in [-0.2, 0) is 6.42 Å². The van der Waals surface area contributed by atoms with E-state index < -0.39 is 0 Å². The number of nitrogens with zero attached hydrogens (tertiary/aromatic N) is 4. The van der Waals surface area contributed by atoms with Crippen LogP contribution in [0.5, 0.6) is 0 Å². The Morgan fingerprint density at radius 1 is 1.23 bits per heavy atom. The Labute approximate surface area is 152 Å². The molecule has 3 heterocycles. The summed E-state index contributed by atoms with van der Waals surface area (Å²) in [6.45, 7) is 5.34. The molecule has 0 radical (unpaired) electrons. The average molecular weight is 349 g/mol. The quantitative estimate of drug-likeness (QED) is 0.769. The number of aryl methyl sites for hydroxylation is 1. The molecule has 1 aromatic carbocycles. The summed E-state index contributed by atoms with van der Waals surface area (Å²) in [5, 5.41) is 7.15. The zero-order valence-corrected chi connectivity index (χ0v) is 15.0. The standard InChI is InChI=1S/C20H23N5O/c1-15-18(14-25-19(22-15)7-9-21-25)20(26)23-17-6-4-5-16(13-17)8-12-24-10-2-3-11-24/h4-7,9,13-14H,2-3,8,10-12H2,1H3,(H,23,26).